The van der Waals surface area contributed by atoms with Gasteiger partial charge in [0.25, 0.3) is 0 Å². The van der Waals surface area contributed by atoms with Crippen molar-refractivity contribution in [1.29, 1.82) is 0 Å². The molecule has 1 aromatic heterocycles. The van der Waals surface area contributed by atoms with Crippen LogP contribution in [-0.4, -0.2) is 41.8 Å². The lowest BCUT2D eigenvalue weighted by Gasteiger charge is -2.07. The van der Waals surface area contributed by atoms with Crippen molar-refractivity contribution in [2.45, 2.75) is 33.6 Å². The fourth-order valence-corrected chi connectivity index (χ4v) is 3.34. The topological polar surface area (TPSA) is 115 Å². The maximum Gasteiger partial charge on any atom is 0.355 e. The van der Waals surface area contributed by atoms with Crippen LogP contribution < -0.4 is 5.32 Å². The maximum atomic E-state index is 12.5. The molecule has 8 heteroatoms. The third-order valence-corrected chi connectivity index (χ3v) is 4.95. The minimum atomic E-state index is -0.702. The predicted octanol–water partition coefficient (Wildman–Crippen LogP) is 2.90. The summed E-state index contributed by atoms with van der Waals surface area (Å²) in [6.07, 6.45) is 0. The van der Waals surface area contributed by atoms with E-state index in [1.165, 1.54) is 0 Å². The van der Waals surface area contributed by atoms with Gasteiger partial charge in [0, 0.05) is 16.9 Å². The molecule has 0 radical (unpaired) electrons. The van der Waals surface area contributed by atoms with Crippen molar-refractivity contribution < 1.29 is 28.7 Å². The molecule has 2 aromatic rings. The van der Waals surface area contributed by atoms with Gasteiger partial charge in [-0.25, -0.2) is 9.59 Å². The lowest BCUT2D eigenvalue weighted by molar-refractivity contribution is -0.116. The van der Waals surface area contributed by atoms with E-state index < -0.39 is 18.5 Å². The highest BCUT2D eigenvalue weighted by Crippen LogP contribution is 2.32. The van der Waals surface area contributed by atoms with E-state index in [0.29, 0.717) is 22.5 Å². The fraction of sp³-hybridized carbons (Fsp3) is 0.333. The standard InChI is InChI=1S/C21H22N2O6/c1-5-28-21(27)18-11(3)17(12(4)22-18)20(26)29-9-16(24)13-6-7-15-14(8-13)10(2)19(25)23-15/h6-8,10,22H,5,9H2,1-4H3,(H,23,25)/t10-/m1/s1. The molecule has 0 saturated carbocycles. The number of amides is 1. The van der Waals surface area contributed by atoms with Gasteiger partial charge in [-0.1, -0.05) is 0 Å². The van der Waals surface area contributed by atoms with Crippen LogP contribution >= 0.6 is 0 Å². The first kappa shape index (κ1) is 20.3. The summed E-state index contributed by atoms with van der Waals surface area (Å²) in [7, 11) is 0. The van der Waals surface area contributed by atoms with Crippen molar-refractivity contribution >= 4 is 29.3 Å². The molecule has 3 rings (SSSR count). The summed E-state index contributed by atoms with van der Waals surface area (Å²) in [5, 5.41) is 2.74. The number of anilines is 1. The monoisotopic (exact) mass is 398 g/mol. The number of ether oxygens (including phenoxy) is 2. The number of esters is 2. The predicted molar refractivity (Wildman–Crippen MR) is 104 cm³/mol. The van der Waals surface area contributed by atoms with Crippen LogP contribution in [0.5, 0.6) is 0 Å². The second kappa shape index (κ2) is 7.90. The summed E-state index contributed by atoms with van der Waals surface area (Å²) < 4.78 is 10.1. The Kier molecular flexibility index (Phi) is 5.54. The molecule has 1 atom stereocenters. The van der Waals surface area contributed by atoms with Gasteiger partial charge >= 0.3 is 11.9 Å². The van der Waals surface area contributed by atoms with Gasteiger partial charge in [-0.15, -0.1) is 0 Å². The average Bonchev–Trinajstić information content (AvgIpc) is 3.14. The first-order valence-corrected chi connectivity index (χ1v) is 9.26. The largest absolute Gasteiger partial charge is 0.461 e. The molecule has 1 amide bonds. The number of Topliss-reactive ketones (excluding diaryl/α,β-unsaturated/α-hetero) is 1. The Morgan fingerprint density at radius 2 is 1.83 bits per heavy atom. The molecule has 1 aromatic carbocycles. The van der Waals surface area contributed by atoms with Gasteiger partial charge in [0.1, 0.15) is 5.69 Å². The molecular formula is C21H22N2O6. The summed E-state index contributed by atoms with van der Waals surface area (Å²) >= 11 is 0. The Morgan fingerprint density at radius 1 is 1.10 bits per heavy atom. The number of carbonyl (C=O) groups excluding carboxylic acids is 4. The highest BCUT2D eigenvalue weighted by molar-refractivity contribution is 6.05. The zero-order valence-electron chi connectivity index (χ0n) is 16.7. The van der Waals surface area contributed by atoms with Crippen molar-refractivity contribution in [3.63, 3.8) is 0 Å². The van der Waals surface area contributed by atoms with E-state index in [2.05, 4.69) is 10.3 Å². The van der Waals surface area contributed by atoms with Crippen molar-refractivity contribution in [2.75, 3.05) is 18.5 Å². The zero-order chi connectivity index (χ0) is 21.3. The number of aromatic amines is 1. The normalized spacial score (nSPS) is 14.9. The van der Waals surface area contributed by atoms with Gasteiger partial charge < -0.3 is 19.8 Å². The molecule has 0 spiro atoms. The number of H-pyrrole nitrogens is 1. The summed E-state index contributed by atoms with van der Waals surface area (Å²) in [5.41, 5.74) is 3.04. The maximum absolute atomic E-state index is 12.5. The third kappa shape index (κ3) is 3.78. The van der Waals surface area contributed by atoms with E-state index >= 15 is 0 Å². The van der Waals surface area contributed by atoms with Gasteiger partial charge in [-0.3, -0.25) is 9.59 Å². The van der Waals surface area contributed by atoms with Gasteiger partial charge in [0.15, 0.2) is 12.4 Å². The minimum Gasteiger partial charge on any atom is -0.461 e. The molecule has 1 aliphatic rings. The number of fused-ring (bicyclic) bond motifs is 1. The second-order valence-electron chi connectivity index (χ2n) is 6.86. The SMILES string of the molecule is CCOC(=O)c1[nH]c(C)c(C(=O)OCC(=O)c2ccc3c(c2)[C@@H](C)C(=O)N3)c1C. The number of rotatable bonds is 6. The highest BCUT2D eigenvalue weighted by atomic mass is 16.5. The van der Waals surface area contributed by atoms with Gasteiger partial charge in [0.2, 0.25) is 5.91 Å². The van der Waals surface area contributed by atoms with Crippen LogP contribution in [0.25, 0.3) is 0 Å². The number of carbonyl (C=O) groups is 4. The first-order chi connectivity index (χ1) is 13.7. The molecule has 0 unspecified atom stereocenters. The van der Waals surface area contributed by atoms with Crippen molar-refractivity contribution in [2.24, 2.45) is 0 Å². The Bertz CT molecular complexity index is 1020. The fourth-order valence-electron chi connectivity index (χ4n) is 3.34. The van der Waals surface area contributed by atoms with Crippen LogP contribution in [0.1, 0.15) is 67.8 Å². The molecule has 8 nitrogen and oxygen atoms in total. The number of aryl methyl sites for hydroxylation is 1. The minimum absolute atomic E-state index is 0.119. The number of ketones is 1. The van der Waals surface area contributed by atoms with Gasteiger partial charge in [-0.2, -0.15) is 0 Å². The van der Waals surface area contributed by atoms with Crippen LogP contribution in [-0.2, 0) is 14.3 Å². The molecule has 152 valence electrons. The van der Waals surface area contributed by atoms with E-state index in [-0.39, 0.29) is 35.5 Å². The van der Waals surface area contributed by atoms with E-state index in [4.69, 9.17) is 9.47 Å². The van der Waals surface area contributed by atoms with Crippen molar-refractivity contribution in [1.82, 2.24) is 4.98 Å². The second-order valence-corrected chi connectivity index (χ2v) is 6.86. The smallest absolute Gasteiger partial charge is 0.355 e. The third-order valence-electron chi connectivity index (χ3n) is 4.95. The summed E-state index contributed by atoms with van der Waals surface area (Å²) in [6.45, 7) is 6.46. The highest BCUT2D eigenvalue weighted by Gasteiger charge is 2.28. The van der Waals surface area contributed by atoms with Gasteiger partial charge in [-0.05, 0) is 57.0 Å². The van der Waals surface area contributed by atoms with E-state index in [1.807, 2.05) is 0 Å². The summed E-state index contributed by atoms with van der Waals surface area (Å²) in [6, 6.07) is 4.89. The molecule has 1 aliphatic heterocycles. The van der Waals surface area contributed by atoms with Crippen molar-refractivity contribution in [3.8, 4) is 0 Å². The molecule has 2 heterocycles. The Balaban J connectivity index is 1.71. The molecule has 0 saturated heterocycles. The molecule has 29 heavy (non-hydrogen) atoms. The first-order valence-electron chi connectivity index (χ1n) is 9.26. The van der Waals surface area contributed by atoms with Crippen LogP contribution in [0.3, 0.4) is 0 Å². The molecule has 0 aliphatic carbocycles. The quantitative estimate of drug-likeness (QED) is 0.571. The Morgan fingerprint density at radius 3 is 2.52 bits per heavy atom. The van der Waals surface area contributed by atoms with E-state index in [1.54, 1.807) is 45.9 Å². The van der Waals surface area contributed by atoms with Crippen molar-refractivity contribution in [3.05, 3.63) is 51.8 Å². The lowest BCUT2D eigenvalue weighted by atomic mass is 9.99. The Hall–Kier alpha value is -3.42. The van der Waals surface area contributed by atoms with E-state index in [0.717, 1.165) is 5.56 Å². The van der Waals surface area contributed by atoms with Crippen LogP contribution in [0.4, 0.5) is 5.69 Å². The number of benzene rings is 1. The molecular weight excluding hydrogens is 376 g/mol. The average molecular weight is 398 g/mol. The summed E-state index contributed by atoms with van der Waals surface area (Å²) in [4.78, 5) is 51.5. The zero-order valence-corrected chi connectivity index (χ0v) is 16.7. The van der Waals surface area contributed by atoms with E-state index in [9.17, 15) is 19.2 Å². The number of hydrogen-bond acceptors (Lipinski definition) is 6. The number of hydrogen-bond donors (Lipinski definition) is 2. The molecule has 0 fully saturated rings. The van der Waals surface area contributed by atoms with Crippen LogP contribution in [0.15, 0.2) is 18.2 Å². The molecule has 2 N–H and O–H groups in total. The number of aromatic nitrogens is 1. The number of nitrogens with one attached hydrogen (secondary N) is 2. The lowest BCUT2D eigenvalue weighted by Crippen LogP contribution is -2.15. The van der Waals surface area contributed by atoms with Crippen LogP contribution in [0, 0.1) is 13.8 Å². The summed E-state index contributed by atoms with van der Waals surface area (Å²) in [5.74, 6) is -2.10. The van der Waals surface area contributed by atoms with Gasteiger partial charge in [0.05, 0.1) is 18.1 Å². The van der Waals surface area contributed by atoms with Crippen LogP contribution in [0.2, 0.25) is 0 Å². The molecule has 0 bridgehead atoms. The Labute approximate surface area is 167 Å².